The van der Waals surface area contributed by atoms with Gasteiger partial charge in [0.2, 0.25) is 5.88 Å². The number of halogens is 1. The summed E-state index contributed by atoms with van der Waals surface area (Å²) in [5.41, 5.74) is 2.09. The number of hydrogen-bond acceptors (Lipinski definition) is 3. The third kappa shape index (κ3) is 5.87. The monoisotopic (exact) mass is 330 g/mol. The number of rotatable bonds is 7. The highest BCUT2D eigenvalue weighted by Crippen LogP contribution is 2.07. The molecule has 0 bridgehead atoms. The second-order valence-electron chi connectivity index (χ2n) is 5.21. The predicted molar refractivity (Wildman–Crippen MR) is 93.7 cm³/mol. The van der Waals surface area contributed by atoms with Crippen molar-refractivity contribution in [2.24, 2.45) is 4.99 Å². The molecule has 0 radical (unpaired) electrons. The van der Waals surface area contributed by atoms with E-state index in [1.165, 1.54) is 12.1 Å². The van der Waals surface area contributed by atoms with E-state index in [0.29, 0.717) is 12.4 Å². The van der Waals surface area contributed by atoms with E-state index < -0.39 is 0 Å². The molecule has 0 aliphatic carbocycles. The average molecular weight is 330 g/mol. The predicted octanol–water partition coefficient (Wildman–Crippen LogP) is 2.53. The summed E-state index contributed by atoms with van der Waals surface area (Å²) in [6, 6.07) is 10.3. The molecule has 2 N–H and O–H groups in total. The molecule has 2 aromatic rings. The Balaban J connectivity index is 1.86. The molecule has 0 aliphatic heterocycles. The third-order valence-corrected chi connectivity index (χ3v) is 3.39. The minimum atomic E-state index is -0.213. The van der Waals surface area contributed by atoms with Crippen LogP contribution in [0.4, 0.5) is 4.39 Å². The van der Waals surface area contributed by atoms with Crippen molar-refractivity contribution in [3.05, 3.63) is 59.5 Å². The second-order valence-corrected chi connectivity index (χ2v) is 5.21. The summed E-state index contributed by atoms with van der Waals surface area (Å²) in [6.45, 7) is 4.05. The van der Waals surface area contributed by atoms with Crippen LogP contribution >= 0.6 is 0 Å². The van der Waals surface area contributed by atoms with Gasteiger partial charge in [-0.3, -0.25) is 0 Å². The molecule has 0 saturated heterocycles. The summed E-state index contributed by atoms with van der Waals surface area (Å²) < 4.78 is 17.9. The molecular weight excluding hydrogens is 307 g/mol. The third-order valence-electron chi connectivity index (χ3n) is 3.39. The maximum Gasteiger partial charge on any atom is 0.212 e. The molecule has 0 saturated carbocycles. The Morgan fingerprint density at radius 3 is 2.50 bits per heavy atom. The van der Waals surface area contributed by atoms with Gasteiger partial charge in [-0.2, -0.15) is 0 Å². The topological polar surface area (TPSA) is 58.5 Å². The van der Waals surface area contributed by atoms with E-state index in [9.17, 15) is 4.39 Å². The fraction of sp³-hybridized carbons (Fsp3) is 0.333. The van der Waals surface area contributed by atoms with Gasteiger partial charge in [0.15, 0.2) is 5.96 Å². The molecule has 0 fully saturated rings. The molecular formula is C18H23FN4O. The molecule has 0 unspecified atom stereocenters. The van der Waals surface area contributed by atoms with E-state index in [2.05, 4.69) is 20.6 Å². The summed E-state index contributed by atoms with van der Waals surface area (Å²) in [6.07, 6.45) is 2.55. The van der Waals surface area contributed by atoms with Crippen LogP contribution in [-0.2, 0) is 13.0 Å². The maximum absolute atomic E-state index is 12.9. The van der Waals surface area contributed by atoms with Gasteiger partial charge in [0, 0.05) is 25.4 Å². The zero-order chi connectivity index (χ0) is 17.2. The summed E-state index contributed by atoms with van der Waals surface area (Å²) in [5, 5.41) is 6.48. The first-order valence-corrected chi connectivity index (χ1v) is 7.97. The molecule has 1 aromatic heterocycles. The molecule has 0 amide bonds. The van der Waals surface area contributed by atoms with Crippen molar-refractivity contribution in [1.82, 2.24) is 15.6 Å². The van der Waals surface area contributed by atoms with Crippen molar-refractivity contribution in [2.75, 3.05) is 20.2 Å². The maximum atomic E-state index is 12.9. The van der Waals surface area contributed by atoms with Crippen molar-refractivity contribution in [1.29, 1.82) is 0 Å². The van der Waals surface area contributed by atoms with Crippen LogP contribution in [0.25, 0.3) is 0 Å². The molecule has 5 nitrogen and oxygen atoms in total. The smallest absolute Gasteiger partial charge is 0.212 e. The van der Waals surface area contributed by atoms with Gasteiger partial charge in [0.05, 0.1) is 13.7 Å². The van der Waals surface area contributed by atoms with Gasteiger partial charge in [-0.05, 0) is 36.6 Å². The Morgan fingerprint density at radius 2 is 1.88 bits per heavy atom. The number of pyridine rings is 1. The Bertz CT molecular complexity index is 641. The lowest BCUT2D eigenvalue weighted by atomic mass is 10.1. The van der Waals surface area contributed by atoms with Crippen LogP contribution in [0.1, 0.15) is 18.1 Å². The van der Waals surface area contributed by atoms with Gasteiger partial charge in [0.25, 0.3) is 0 Å². The minimum absolute atomic E-state index is 0.213. The Morgan fingerprint density at radius 1 is 1.12 bits per heavy atom. The number of aromatic nitrogens is 1. The summed E-state index contributed by atoms with van der Waals surface area (Å²) in [7, 11) is 1.59. The van der Waals surface area contributed by atoms with Gasteiger partial charge < -0.3 is 15.4 Å². The van der Waals surface area contributed by atoms with Gasteiger partial charge in [-0.25, -0.2) is 14.4 Å². The number of hydrogen-bond donors (Lipinski definition) is 2. The highest BCUT2D eigenvalue weighted by Gasteiger charge is 2.00. The fourth-order valence-corrected chi connectivity index (χ4v) is 2.11. The number of aliphatic imine (C=N–C) groups is 1. The van der Waals surface area contributed by atoms with Crippen LogP contribution < -0.4 is 15.4 Å². The molecule has 0 spiro atoms. The summed E-state index contributed by atoms with van der Waals surface area (Å²) >= 11 is 0. The van der Waals surface area contributed by atoms with Crippen molar-refractivity contribution < 1.29 is 9.13 Å². The van der Waals surface area contributed by atoms with Gasteiger partial charge in [0.1, 0.15) is 5.82 Å². The van der Waals surface area contributed by atoms with E-state index in [0.717, 1.165) is 36.6 Å². The van der Waals surface area contributed by atoms with Crippen LogP contribution in [0.3, 0.4) is 0 Å². The molecule has 24 heavy (non-hydrogen) atoms. The van der Waals surface area contributed by atoms with E-state index >= 15 is 0 Å². The normalized spacial score (nSPS) is 11.2. The SMILES string of the molecule is CCNC(=NCc1ccc(OC)nc1)NCCc1ccc(F)cc1. The highest BCUT2D eigenvalue weighted by molar-refractivity contribution is 5.79. The van der Waals surface area contributed by atoms with E-state index in [4.69, 9.17) is 4.74 Å². The fourth-order valence-electron chi connectivity index (χ4n) is 2.11. The number of guanidine groups is 1. The summed E-state index contributed by atoms with van der Waals surface area (Å²) in [5.74, 6) is 1.12. The average Bonchev–Trinajstić information content (AvgIpc) is 2.62. The van der Waals surface area contributed by atoms with Crippen LogP contribution in [-0.4, -0.2) is 31.1 Å². The second kappa shape index (κ2) is 9.50. The van der Waals surface area contributed by atoms with Crippen LogP contribution in [0, 0.1) is 5.82 Å². The van der Waals surface area contributed by atoms with Gasteiger partial charge >= 0.3 is 0 Å². The van der Waals surface area contributed by atoms with Crippen molar-refractivity contribution in [2.45, 2.75) is 19.9 Å². The Hall–Kier alpha value is -2.63. The van der Waals surface area contributed by atoms with Crippen LogP contribution in [0.5, 0.6) is 5.88 Å². The number of methoxy groups -OCH3 is 1. The molecule has 2 rings (SSSR count). The number of benzene rings is 1. The standard InChI is InChI=1S/C18H23FN4O/c1-3-20-18(21-11-10-14-4-7-16(19)8-5-14)23-13-15-6-9-17(24-2)22-12-15/h4-9,12H,3,10-11,13H2,1-2H3,(H2,20,21,23). The summed E-state index contributed by atoms with van der Waals surface area (Å²) in [4.78, 5) is 8.71. The minimum Gasteiger partial charge on any atom is -0.481 e. The Labute approximate surface area is 142 Å². The highest BCUT2D eigenvalue weighted by atomic mass is 19.1. The molecule has 6 heteroatoms. The van der Waals surface area contributed by atoms with E-state index in [1.54, 1.807) is 25.4 Å². The quantitative estimate of drug-likeness (QED) is 0.605. The van der Waals surface area contributed by atoms with Crippen molar-refractivity contribution in [3.63, 3.8) is 0 Å². The van der Waals surface area contributed by atoms with Crippen LogP contribution in [0.2, 0.25) is 0 Å². The Kier molecular flexibility index (Phi) is 7.01. The lowest BCUT2D eigenvalue weighted by Crippen LogP contribution is -2.38. The van der Waals surface area contributed by atoms with Gasteiger partial charge in [-0.1, -0.05) is 18.2 Å². The molecule has 1 heterocycles. The van der Waals surface area contributed by atoms with E-state index in [1.807, 2.05) is 19.1 Å². The molecule has 0 aliphatic rings. The lowest BCUT2D eigenvalue weighted by molar-refractivity contribution is 0.397. The lowest BCUT2D eigenvalue weighted by Gasteiger charge is -2.11. The number of nitrogens with one attached hydrogen (secondary N) is 2. The largest absolute Gasteiger partial charge is 0.481 e. The van der Waals surface area contributed by atoms with Gasteiger partial charge in [-0.15, -0.1) is 0 Å². The van der Waals surface area contributed by atoms with Crippen molar-refractivity contribution >= 4 is 5.96 Å². The molecule has 0 atom stereocenters. The molecule has 1 aromatic carbocycles. The first-order chi connectivity index (χ1) is 11.7. The van der Waals surface area contributed by atoms with Crippen LogP contribution in [0.15, 0.2) is 47.6 Å². The zero-order valence-electron chi connectivity index (χ0n) is 14.1. The zero-order valence-corrected chi connectivity index (χ0v) is 14.1. The number of nitrogens with zero attached hydrogens (tertiary/aromatic N) is 2. The first kappa shape index (κ1) is 17.7. The van der Waals surface area contributed by atoms with E-state index in [-0.39, 0.29) is 5.82 Å². The number of ether oxygens (including phenoxy) is 1. The van der Waals surface area contributed by atoms with Crippen molar-refractivity contribution in [3.8, 4) is 5.88 Å². The first-order valence-electron chi connectivity index (χ1n) is 7.97. The molecule has 128 valence electrons.